The molecule has 1 heterocycles. The Morgan fingerprint density at radius 2 is 2.12 bits per heavy atom. The van der Waals surface area contributed by atoms with Crippen molar-refractivity contribution in [1.29, 1.82) is 0 Å². The Morgan fingerprint density at radius 3 is 2.82 bits per heavy atom. The summed E-state index contributed by atoms with van der Waals surface area (Å²) in [5.74, 6) is 1.47. The molecule has 0 amide bonds. The van der Waals surface area contributed by atoms with Crippen LogP contribution in [0.1, 0.15) is 17.8 Å². The van der Waals surface area contributed by atoms with E-state index >= 15 is 0 Å². The third-order valence-electron chi connectivity index (χ3n) is 2.11. The van der Waals surface area contributed by atoms with Crippen LogP contribution in [0.25, 0.3) is 0 Å². The molecular weight excluding hydrogens is 238 g/mol. The predicted molar refractivity (Wildman–Crippen MR) is 64.3 cm³/mol. The molecule has 3 N–H and O–H groups in total. The monoisotopic (exact) mass is 251 g/mol. The lowest BCUT2D eigenvalue weighted by Gasteiger charge is -1.98. The zero-order valence-electron chi connectivity index (χ0n) is 9.11. The number of hydrogen-bond donors (Lipinski definition) is 2. The molecule has 0 fully saturated rings. The number of rotatable bonds is 5. The summed E-state index contributed by atoms with van der Waals surface area (Å²) in [6, 6.07) is 9.36. The van der Waals surface area contributed by atoms with E-state index in [1.165, 1.54) is 0 Å². The van der Waals surface area contributed by atoms with E-state index < -0.39 is 6.04 Å². The molecule has 0 saturated carbocycles. The van der Waals surface area contributed by atoms with Crippen LogP contribution >= 0.6 is 11.8 Å². The maximum absolute atomic E-state index is 8.85. The summed E-state index contributed by atoms with van der Waals surface area (Å²) in [6.45, 7) is -0.201. The number of aliphatic hydroxyl groups excluding tert-OH is 1. The van der Waals surface area contributed by atoms with Crippen LogP contribution in [0.2, 0.25) is 0 Å². The molecule has 17 heavy (non-hydrogen) atoms. The quantitative estimate of drug-likeness (QED) is 0.780. The van der Waals surface area contributed by atoms with Gasteiger partial charge >= 0.3 is 0 Å². The maximum Gasteiger partial charge on any atom is 0.245 e. The van der Waals surface area contributed by atoms with Crippen LogP contribution in [0.15, 0.2) is 39.8 Å². The van der Waals surface area contributed by atoms with E-state index in [1.807, 2.05) is 30.3 Å². The van der Waals surface area contributed by atoms with Gasteiger partial charge in [0.05, 0.1) is 12.4 Å². The first kappa shape index (κ1) is 12.1. The highest BCUT2D eigenvalue weighted by Gasteiger charge is 2.13. The number of aromatic nitrogens is 2. The minimum atomic E-state index is -0.599. The van der Waals surface area contributed by atoms with Crippen LogP contribution < -0.4 is 5.73 Å². The van der Waals surface area contributed by atoms with Gasteiger partial charge in [0.25, 0.3) is 0 Å². The van der Waals surface area contributed by atoms with Gasteiger partial charge in [-0.1, -0.05) is 23.4 Å². The third kappa shape index (κ3) is 3.29. The van der Waals surface area contributed by atoms with Gasteiger partial charge in [-0.3, -0.25) is 0 Å². The van der Waals surface area contributed by atoms with Crippen molar-refractivity contribution in [2.24, 2.45) is 5.73 Å². The lowest BCUT2D eigenvalue weighted by molar-refractivity contribution is 0.236. The highest BCUT2D eigenvalue weighted by Crippen LogP contribution is 2.21. The SMILES string of the molecule is N[C@@H](CO)c1nc(CSc2ccccc2)no1. The maximum atomic E-state index is 8.85. The molecule has 0 unspecified atom stereocenters. The van der Waals surface area contributed by atoms with Crippen molar-refractivity contribution in [3.05, 3.63) is 42.0 Å². The molecule has 2 aromatic rings. The van der Waals surface area contributed by atoms with Gasteiger partial charge in [0.15, 0.2) is 5.82 Å². The summed E-state index contributed by atoms with van der Waals surface area (Å²) in [6.07, 6.45) is 0. The van der Waals surface area contributed by atoms with Gasteiger partial charge in [-0.2, -0.15) is 4.98 Å². The molecule has 6 heteroatoms. The Balaban J connectivity index is 1.94. The van der Waals surface area contributed by atoms with Crippen molar-refractivity contribution in [2.75, 3.05) is 6.61 Å². The largest absolute Gasteiger partial charge is 0.394 e. The molecule has 0 aliphatic heterocycles. The van der Waals surface area contributed by atoms with E-state index in [4.69, 9.17) is 15.4 Å². The fraction of sp³-hybridized carbons (Fsp3) is 0.273. The van der Waals surface area contributed by atoms with E-state index in [-0.39, 0.29) is 12.5 Å². The Hall–Kier alpha value is -1.37. The first-order valence-electron chi connectivity index (χ1n) is 5.16. The third-order valence-corrected chi connectivity index (χ3v) is 3.12. The number of benzene rings is 1. The average molecular weight is 251 g/mol. The first-order valence-corrected chi connectivity index (χ1v) is 6.15. The molecule has 0 spiro atoms. The zero-order chi connectivity index (χ0) is 12.1. The van der Waals surface area contributed by atoms with Crippen LogP contribution in [-0.4, -0.2) is 21.9 Å². The van der Waals surface area contributed by atoms with E-state index in [9.17, 15) is 0 Å². The second-order valence-corrected chi connectivity index (χ2v) is 4.49. The summed E-state index contributed by atoms with van der Waals surface area (Å²) in [5.41, 5.74) is 5.56. The van der Waals surface area contributed by atoms with Crippen molar-refractivity contribution in [3.63, 3.8) is 0 Å². The summed E-state index contributed by atoms with van der Waals surface area (Å²) < 4.78 is 4.95. The Morgan fingerprint density at radius 1 is 1.35 bits per heavy atom. The van der Waals surface area contributed by atoms with Gasteiger partial charge in [-0.15, -0.1) is 11.8 Å². The molecule has 5 nitrogen and oxygen atoms in total. The topological polar surface area (TPSA) is 85.2 Å². The fourth-order valence-electron chi connectivity index (χ4n) is 1.22. The molecule has 2 rings (SSSR count). The normalized spacial score (nSPS) is 12.6. The van der Waals surface area contributed by atoms with E-state index in [0.717, 1.165) is 4.90 Å². The predicted octanol–water partition coefficient (Wildman–Crippen LogP) is 1.35. The Kier molecular flexibility index (Phi) is 4.13. The summed E-state index contributed by atoms with van der Waals surface area (Å²) in [7, 11) is 0. The molecule has 1 aromatic heterocycles. The Labute approximate surface area is 103 Å². The molecule has 1 aromatic carbocycles. The van der Waals surface area contributed by atoms with Crippen LogP contribution in [0.4, 0.5) is 0 Å². The van der Waals surface area contributed by atoms with Gasteiger partial charge < -0.3 is 15.4 Å². The lowest BCUT2D eigenvalue weighted by atomic mass is 10.3. The van der Waals surface area contributed by atoms with E-state index in [0.29, 0.717) is 11.6 Å². The van der Waals surface area contributed by atoms with E-state index in [1.54, 1.807) is 11.8 Å². The number of hydrogen-bond acceptors (Lipinski definition) is 6. The standard InChI is InChI=1S/C11H13N3O2S/c12-9(6-15)11-13-10(14-16-11)7-17-8-4-2-1-3-5-8/h1-5,9,15H,6-7,12H2/t9-/m0/s1. The lowest BCUT2D eigenvalue weighted by Crippen LogP contribution is -2.14. The molecule has 0 radical (unpaired) electrons. The molecule has 1 atom stereocenters. The summed E-state index contributed by atoms with van der Waals surface area (Å²) >= 11 is 1.62. The van der Waals surface area contributed by atoms with Gasteiger partial charge in [0.1, 0.15) is 6.04 Å². The van der Waals surface area contributed by atoms with Crippen molar-refractivity contribution in [1.82, 2.24) is 10.1 Å². The fourth-order valence-corrected chi connectivity index (χ4v) is 1.98. The summed E-state index contributed by atoms with van der Waals surface area (Å²) in [4.78, 5) is 5.26. The van der Waals surface area contributed by atoms with Gasteiger partial charge in [0.2, 0.25) is 5.89 Å². The number of thioether (sulfide) groups is 1. The number of nitrogens with two attached hydrogens (primary N) is 1. The molecule has 0 aliphatic rings. The second kappa shape index (κ2) is 5.81. The van der Waals surface area contributed by atoms with Crippen LogP contribution in [0.3, 0.4) is 0 Å². The van der Waals surface area contributed by atoms with Gasteiger partial charge in [-0.25, -0.2) is 0 Å². The Bertz CT molecular complexity index is 461. The van der Waals surface area contributed by atoms with Crippen LogP contribution in [0, 0.1) is 0 Å². The highest BCUT2D eigenvalue weighted by molar-refractivity contribution is 7.98. The highest BCUT2D eigenvalue weighted by atomic mass is 32.2. The molecule has 0 aliphatic carbocycles. The molecule has 0 saturated heterocycles. The second-order valence-electron chi connectivity index (χ2n) is 3.44. The van der Waals surface area contributed by atoms with Crippen molar-refractivity contribution >= 4 is 11.8 Å². The molecular formula is C11H13N3O2S. The van der Waals surface area contributed by atoms with E-state index in [2.05, 4.69) is 10.1 Å². The van der Waals surface area contributed by atoms with Crippen molar-refractivity contribution < 1.29 is 9.63 Å². The minimum Gasteiger partial charge on any atom is -0.394 e. The van der Waals surface area contributed by atoms with Gasteiger partial charge in [0, 0.05) is 4.90 Å². The molecule has 0 bridgehead atoms. The first-order chi connectivity index (χ1) is 8.29. The summed E-state index contributed by atoms with van der Waals surface area (Å²) in [5, 5.41) is 12.6. The van der Waals surface area contributed by atoms with Crippen molar-refractivity contribution in [2.45, 2.75) is 16.7 Å². The zero-order valence-corrected chi connectivity index (χ0v) is 9.93. The van der Waals surface area contributed by atoms with Crippen LogP contribution in [-0.2, 0) is 5.75 Å². The average Bonchev–Trinajstić information content (AvgIpc) is 2.85. The van der Waals surface area contributed by atoms with Crippen LogP contribution in [0.5, 0.6) is 0 Å². The molecule has 90 valence electrons. The number of nitrogens with zero attached hydrogens (tertiary/aromatic N) is 2. The minimum absolute atomic E-state index is 0.201. The van der Waals surface area contributed by atoms with Crippen molar-refractivity contribution in [3.8, 4) is 0 Å². The number of aliphatic hydroxyl groups is 1. The van der Waals surface area contributed by atoms with Gasteiger partial charge in [-0.05, 0) is 12.1 Å². The smallest absolute Gasteiger partial charge is 0.245 e.